The second-order valence-electron chi connectivity index (χ2n) is 5.60. The molecule has 1 N–H and O–H groups in total. The van der Waals surface area contributed by atoms with Crippen LogP contribution in [-0.4, -0.2) is 44.1 Å². The van der Waals surface area contributed by atoms with Crippen molar-refractivity contribution in [1.82, 2.24) is 4.90 Å². The van der Waals surface area contributed by atoms with Gasteiger partial charge in [0.1, 0.15) is 5.75 Å². The van der Waals surface area contributed by atoms with Crippen molar-refractivity contribution >= 4 is 29.2 Å². The molecule has 1 amide bonds. The molecule has 26 heavy (non-hydrogen) atoms. The van der Waals surface area contributed by atoms with Gasteiger partial charge in [-0.25, -0.2) is 0 Å². The van der Waals surface area contributed by atoms with Crippen molar-refractivity contribution in [2.75, 3.05) is 32.6 Å². The molecule has 0 fully saturated rings. The van der Waals surface area contributed by atoms with Crippen molar-refractivity contribution in [1.29, 1.82) is 0 Å². The number of ether oxygens (including phenoxy) is 2. The summed E-state index contributed by atoms with van der Waals surface area (Å²) in [7, 11) is 2.84. The summed E-state index contributed by atoms with van der Waals surface area (Å²) in [5.41, 5.74) is 1.55. The van der Waals surface area contributed by atoms with Gasteiger partial charge in [0.25, 0.3) is 0 Å². The molecule has 0 unspecified atom stereocenters. The highest BCUT2D eigenvalue weighted by Crippen LogP contribution is 2.27. The SMILES string of the molecule is COC(=O)CN(CC(=O)Nc1ccc(OC)c(Cl)c1)Cc1ccccc1. The normalized spacial score (nSPS) is 10.5. The third-order valence-corrected chi connectivity index (χ3v) is 3.93. The van der Waals surface area contributed by atoms with Crippen LogP contribution in [0.4, 0.5) is 5.69 Å². The predicted octanol–water partition coefficient (Wildman–Crippen LogP) is 2.96. The van der Waals surface area contributed by atoms with Gasteiger partial charge in [0.15, 0.2) is 0 Å². The number of hydrogen-bond acceptors (Lipinski definition) is 5. The Morgan fingerprint density at radius 3 is 2.42 bits per heavy atom. The van der Waals surface area contributed by atoms with Crippen LogP contribution in [0.5, 0.6) is 5.75 Å². The predicted molar refractivity (Wildman–Crippen MR) is 100 cm³/mol. The first kappa shape index (κ1) is 19.8. The van der Waals surface area contributed by atoms with Crippen molar-refractivity contribution in [3.8, 4) is 5.75 Å². The van der Waals surface area contributed by atoms with Crippen LogP contribution >= 0.6 is 11.6 Å². The number of halogens is 1. The molecule has 6 nitrogen and oxygen atoms in total. The fraction of sp³-hybridized carbons (Fsp3) is 0.263. The number of anilines is 1. The van der Waals surface area contributed by atoms with E-state index in [1.807, 2.05) is 30.3 Å². The molecule has 0 aliphatic heterocycles. The molecule has 2 aromatic rings. The number of methoxy groups -OCH3 is 2. The van der Waals surface area contributed by atoms with Crippen LogP contribution in [-0.2, 0) is 20.9 Å². The highest BCUT2D eigenvalue weighted by Gasteiger charge is 2.16. The average Bonchev–Trinajstić information content (AvgIpc) is 2.62. The first-order valence-corrected chi connectivity index (χ1v) is 8.36. The summed E-state index contributed by atoms with van der Waals surface area (Å²) in [5, 5.41) is 3.17. The van der Waals surface area contributed by atoms with Crippen LogP contribution in [0, 0.1) is 0 Å². The fourth-order valence-corrected chi connectivity index (χ4v) is 2.66. The van der Waals surface area contributed by atoms with Crippen molar-refractivity contribution in [2.24, 2.45) is 0 Å². The van der Waals surface area contributed by atoms with E-state index in [9.17, 15) is 9.59 Å². The van der Waals surface area contributed by atoms with E-state index in [2.05, 4.69) is 5.32 Å². The smallest absolute Gasteiger partial charge is 0.319 e. The summed E-state index contributed by atoms with van der Waals surface area (Å²) >= 11 is 6.07. The Hall–Kier alpha value is -2.57. The lowest BCUT2D eigenvalue weighted by Gasteiger charge is -2.20. The van der Waals surface area contributed by atoms with Crippen LogP contribution in [0.25, 0.3) is 0 Å². The summed E-state index contributed by atoms with van der Waals surface area (Å²) < 4.78 is 9.80. The summed E-state index contributed by atoms with van der Waals surface area (Å²) in [4.78, 5) is 25.7. The zero-order chi connectivity index (χ0) is 18.9. The number of carbonyl (C=O) groups excluding carboxylic acids is 2. The van der Waals surface area contributed by atoms with Crippen molar-refractivity contribution < 1.29 is 19.1 Å². The van der Waals surface area contributed by atoms with E-state index in [0.29, 0.717) is 23.0 Å². The third kappa shape index (κ3) is 6.06. The minimum atomic E-state index is -0.402. The highest BCUT2D eigenvalue weighted by molar-refractivity contribution is 6.32. The minimum Gasteiger partial charge on any atom is -0.495 e. The summed E-state index contributed by atoms with van der Waals surface area (Å²) in [6, 6.07) is 14.6. The first-order chi connectivity index (χ1) is 12.5. The maximum absolute atomic E-state index is 12.4. The minimum absolute atomic E-state index is 0.0161. The van der Waals surface area contributed by atoms with Gasteiger partial charge in [-0.05, 0) is 23.8 Å². The van der Waals surface area contributed by atoms with E-state index in [-0.39, 0.29) is 19.0 Å². The van der Waals surface area contributed by atoms with Gasteiger partial charge < -0.3 is 14.8 Å². The molecule has 0 saturated heterocycles. The Morgan fingerprint density at radius 2 is 1.81 bits per heavy atom. The molecule has 0 aliphatic carbocycles. The molecule has 0 heterocycles. The van der Waals surface area contributed by atoms with E-state index < -0.39 is 5.97 Å². The molecule has 2 rings (SSSR count). The van der Waals surface area contributed by atoms with Gasteiger partial charge in [0, 0.05) is 12.2 Å². The van der Waals surface area contributed by atoms with E-state index in [0.717, 1.165) is 5.56 Å². The molecular weight excluding hydrogens is 356 g/mol. The Kier molecular flexibility index (Phi) is 7.44. The number of nitrogens with one attached hydrogen (secondary N) is 1. The Bertz CT molecular complexity index is 752. The Morgan fingerprint density at radius 1 is 1.08 bits per heavy atom. The van der Waals surface area contributed by atoms with Crippen molar-refractivity contribution in [3.05, 3.63) is 59.1 Å². The van der Waals surface area contributed by atoms with Crippen molar-refractivity contribution in [3.63, 3.8) is 0 Å². The number of carbonyl (C=O) groups is 2. The van der Waals surface area contributed by atoms with Gasteiger partial charge in [-0.2, -0.15) is 0 Å². The lowest BCUT2D eigenvalue weighted by atomic mass is 10.2. The lowest BCUT2D eigenvalue weighted by molar-refractivity contribution is -0.142. The molecular formula is C19H21ClN2O4. The van der Waals surface area contributed by atoms with Gasteiger partial charge in [-0.15, -0.1) is 0 Å². The quantitative estimate of drug-likeness (QED) is 0.717. The molecule has 0 aliphatic rings. The van der Waals surface area contributed by atoms with E-state index in [4.69, 9.17) is 21.1 Å². The van der Waals surface area contributed by atoms with Crippen molar-refractivity contribution in [2.45, 2.75) is 6.54 Å². The average molecular weight is 377 g/mol. The zero-order valence-corrected chi connectivity index (χ0v) is 15.5. The third-order valence-electron chi connectivity index (χ3n) is 3.63. The first-order valence-electron chi connectivity index (χ1n) is 7.98. The Balaban J connectivity index is 2.02. The van der Waals surface area contributed by atoms with Crippen LogP contribution in [0.15, 0.2) is 48.5 Å². The maximum atomic E-state index is 12.4. The summed E-state index contributed by atoms with van der Waals surface area (Å²) in [5.74, 6) is -0.131. The number of hydrogen-bond donors (Lipinski definition) is 1. The topological polar surface area (TPSA) is 67.9 Å². The number of esters is 1. The molecule has 0 aromatic heterocycles. The van der Waals surface area contributed by atoms with Gasteiger partial charge in [-0.1, -0.05) is 41.9 Å². The number of amides is 1. The highest BCUT2D eigenvalue weighted by atomic mass is 35.5. The number of nitrogens with zero attached hydrogens (tertiary/aromatic N) is 1. The fourth-order valence-electron chi connectivity index (χ4n) is 2.40. The standard InChI is InChI=1S/C19H21ClN2O4/c1-25-17-9-8-15(10-16(17)20)21-18(23)12-22(13-19(24)26-2)11-14-6-4-3-5-7-14/h3-10H,11-13H2,1-2H3,(H,21,23). The second kappa shape index (κ2) is 9.79. The summed E-state index contributed by atoms with van der Waals surface area (Å²) in [6.07, 6.45) is 0. The van der Waals surface area contributed by atoms with Crippen LogP contribution < -0.4 is 10.1 Å². The molecule has 0 atom stereocenters. The Labute approximate surface area is 157 Å². The lowest BCUT2D eigenvalue weighted by Crippen LogP contribution is -2.37. The molecule has 0 bridgehead atoms. The monoisotopic (exact) mass is 376 g/mol. The van der Waals surface area contributed by atoms with Gasteiger partial charge >= 0.3 is 5.97 Å². The molecule has 0 saturated carbocycles. The number of rotatable bonds is 8. The van der Waals surface area contributed by atoms with Crippen LogP contribution in [0.1, 0.15) is 5.56 Å². The largest absolute Gasteiger partial charge is 0.495 e. The molecule has 7 heteroatoms. The second-order valence-corrected chi connectivity index (χ2v) is 6.01. The molecule has 0 spiro atoms. The van der Waals surface area contributed by atoms with Crippen LogP contribution in [0.2, 0.25) is 5.02 Å². The van der Waals surface area contributed by atoms with Gasteiger partial charge in [-0.3, -0.25) is 14.5 Å². The van der Waals surface area contributed by atoms with Gasteiger partial charge in [0.05, 0.1) is 32.3 Å². The van der Waals surface area contributed by atoms with Gasteiger partial charge in [0.2, 0.25) is 5.91 Å². The number of benzene rings is 2. The van der Waals surface area contributed by atoms with E-state index in [1.165, 1.54) is 14.2 Å². The van der Waals surface area contributed by atoms with E-state index >= 15 is 0 Å². The maximum Gasteiger partial charge on any atom is 0.319 e. The van der Waals surface area contributed by atoms with Crippen LogP contribution in [0.3, 0.4) is 0 Å². The van der Waals surface area contributed by atoms with E-state index in [1.54, 1.807) is 23.1 Å². The zero-order valence-electron chi connectivity index (χ0n) is 14.7. The molecule has 2 aromatic carbocycles. The summed E-state index contributed by atoms with van der Waals surface area (Å²) in [6.45, 7) is 0.503. The molecule has 0 radical (unpaired) electrons. The molecule has 138 valence electrons.